The number of hydrogen-bond donors (Lipinski definition) is 0. The highest BCUT2D eigenvalue weighted by Crippen LogP contribution is 2.08. The summed E-state index contributed by atoms with van der Waals surface area (Å²) in [6.07, 6.45) is 4.44. The van der Waals surface area contributed by atoms with E-state index in [1.165, 1.54) is 0 Å². The van der Waals surface area contributed by atoms with E-state index in [-0.39, 0.29) is 11.8 Å². The minimum absolute atomic E-state index is 0.0413. The summed E-state index contributed by atoms with van der Waals surface area (Å²) in [5.41, 5.74) is 0. The van der Waals surface area contributed by atoms with Gasteiger partial charge >= 0.3 is 0 Å². The second-order valence-electron chi connectivity index (χ2n) is 4.09. The van der Waals surface area contributed by atoms with E-state index in [0.29, 0.717) is 5.88 Å². The Balaban J connectivity index is 4.13. The van der Waals surface area contributed by atoms with Crippen LogP contribution in [-0.2, 0) is 4.79 Å². The summed E-state index contributed by atoms with van der Waals surface area (Å²) in [7, 11) is 0. The van der Waals surface area contributed by atoms with Gasteiger partial charge in [-0.05, 0) is 12.8 Å². The quantitative estimate of drug-likeness (QED) is 0.590. The molecule has 0 saturated carbocycles. The van der Waals surface area contributed by atoms with Gasteiger partial charge in [-0.25, -0.2) is 0 Å². The third-order valence-electron chi connectivity index (χ3n) is 2.53. The topological polar surface area (TPSA) is 20.3 Å². The minimum atomic E-state index is -0.0413. The third-order valence-corrected chi connectivity index (χ3v) is 2.99. The van der Waals surface area contributed by atoms with Crippen molar-refractivity contribution in [2.45, 2.75) is 46.5 Å². The van der Waals surface area contributed by atoms with Crippen LogP contribution in [0.4, 0.5) is 0 Å². The first-order valence-electron chi connectivity index (χ1n) is 6.02. The van der Waals surface area contributed by atoms with E-state index < -0.39 is 0 Å². The van der Waals surface area contributed by atoms with Crippen LogP contribution in [0.15, 0.2) is 0 Å². The lowest BCUT2D eigenvalue weighted by molar-refractivity contribution is -0.134. The van der Waals surface area contributed by atoms with Gasteiger partial charge in [0.25, 0.3) is 0 Å². The molecule has 0 aliphatic carbocycles. The maximum atomic E-state index is 11.9. The molecule has 0 aliphatic heterocycles. The largest absolute Gasteiger partial charge is 0.342 e. The van der Waals surface area contributed by atoms with Crippen molar-refractivity contribution in [3.63, 3.8) is 0 Å². The van der Waals surface area contributed by atoms with Crippen LogP contribution in [0, 0.1) is 5.92 Å². The highest BCUT2D eigenvalue weighted by Gasteiger charge is 2.18. The van der Waals surface area contributed by atoms with Gasteiger partial charge in [0.15, 0.2) is 0 Å². The van der Waals surface area contributed by atoms with Crippen LogP contribution >= 0.6 is 11.6 Å². The van der Waals surface area contributed by atoms with E-state index >= 15 is 0 Å². The average molecular weight is 234 g/mol. The molecule has 0 fully saturated rings. The van der Waals surface area contributed by atoms with Gasteiger partial charge in [-0.3, -0.25) is 4.79 Å². The molecule has 1 unspecified atom stereocenters. The van der Waals surface area contributed by atoms with E-state index in [0.717, 1.165) is 38.8 Å². The van der Waals surface area contributed by atoms with E-state index in [9.17, 15) is 4.79 Å². The van der Waals surface area contributed by atoms with Gasteiger partial charge in [0.2, 0.25) is 5.91 Å². The van der Waals surface area contributed by atoms with Gasteiger partial charge in [-0.15, -0.1) is 11.6 Å². The molecule has 2 nitrogen and oxygen atoms in total. The zero-order valence-electron chi connectivity index (χ0n) is 10.3. The summed E-state index contributed by atoms with van der Waals surface area (Å²) < 4.78 is 0. The molecule has 1 amide bonds. The average Bonchev–Trinajstić information content (AvgIpc) is 2.27. The Hall–Kier alpha value is -0.240. The number of unbranched alkanes of at least 4 members (excludes halogenated alkanes) is 2. The first kappa shape index (κ1) is 14.8. The summed E-state index contributed by atoms with van der Waals surface area (Å²) in [6, 6.07) is 0. The van der Waals surface area contributed by atoms with Crippen LogP contribution in [0.3, 0.4) is 0 Å². The van der Waals surface area contributed by atoms with E-state index in [1.807, 2.05) is 11.8 Å². The number of alkyl halides is 1. The number of rotatable bonds is 8. The Bertz CT molecular complexity index is 165. The molecular formula is C12H24ClNO. The van der Waals surface area contributed by atoms with Crippen molar-refractivity contribution in [3.8, 4) is 0 Å². The summed E-state index contributed by atoms with van der Waals surface area (Å²) in [4.78, 5) is 13.9. The first-order chi connectivity index (χ1) is 7.17. The molecule has 0 heterocycles. The fourth-order valence-electron chi connectivity index (χ4n) is 1.41. The fraction of sp³-hybridized carbons (Fsp3) is 0.917. The minimum Gasteiger partial charge on any atom is -0.342 e. The van der Waals surface area contributed by atoms with Crippen LogP contribution in [0.1, 0.15) is 46.5 Å². The lowest BCUT2D eigenvalue weighted by Gasteiger charge is -2.24. The molecule has 90 valence electrons. The third kappa shape index (κ3) is 6.03. The van der Waals surface area contributed by atoms with E-state index in [2.05, 4.69) is 13.8 Å². The number of halogens is 1. The van der Waals surface area contributed by atoms with Gasteiger partial charge in [0.05, 0.1) is 0 Å². The second-order valence-corrected chi connectivity index (χ2v) is 4.40. The van der Waals surface area contributed by atoms with Gasteiger partial charge < -0.3 is 4.90 Å². The van der Waals surface area contributed by atoms with Crippen molar-refractivity contribution in [1.29, 1.82) is 0 Å². The van der Waals surface area contributed by atoms with Gasteiger partial charge in [-0.2, -0.15) is 0 Å². The Morgan fingerprint density at radius 3 is 2.00 bits per heavy atom. The summed E-state index contributed by atoms with van der Waals surface area (Å²) in [5, 5.41) is 0. The lowest BCUT2D eigenvalue weighted by Crippen LogP contribution is -2.37. The summed E-state index contributed by atoms with van der Waals surface area (Å²) in [5.74, 6) is 0.598. The maximum Gasteiger partial charge on any atom is 0.226 e. The van der Waals surface area contributed by atoms with Crippen molar-refractivity contribution < 1.29 is 4.79 Å². The van der Waals surface area contributed by atoms with Crippen LogP contribution in [0.5, 0.6) is 0 Å². The number of amides is 1. The molecule has 0 aromatic carbocycles. The molecule has 0 bridgehead atoms. The molecule has 0 radical (unpaired) electrons. The van der Waals surface area contributed by atoms with Crippen LogP contribution in [0.25, 0.3) is 0 Å². The standard InChI is InChI=1S/C12H24ClNO/c1-4-6-8-14(9-7-5-2)12(15)11(3)10-13/h11H,4-10H2,1-3H3. The molecule has 3 heteroatoms. The highest BCUT2D eigenvalue weighted by molar-refractivity contribution is 6.19. The molecule has 0 aliphatic rings. The molecule has 0 N–H and O–H groups in total. The number of hydrogen-bond acceptors (Lipinski definition) is 1. The van der Waals surface area contributed by atoms with Crippen molar-refractivity contribution in [3.05, 3.63) is 0 Å². The monoisotopic (exact) mass is 233 g/mol. The predicted octanol–water partition coefficient (Wildman–Crippen LogP) is 3.29. The first-order valence-corrected chi connectivity index (χ1v) is 6.55. The maximum absolute atomic E-state index is 11.9. The zero-order chi connectivity index (χ0) is 11.7. The van der Waals surface area contributed by atoms with Crippen molar-refractivity contribution in [2.75, 3.05) is 19.0 Å². The van der Waals surface area contributed by atoms with Gasteiger partial charge in [-0.1, -0.05) is 33.6 Å². The molecular weight excluding hydrogens is 210 g/mol. The molecule has 0 spiro atoms. The van der Waals surface area contributed by atoms with Crippen molar-refractivity contribution in [1.82, 2.24) is 4.90 Å². The second kappa shape index (κ2) is 9.02. The van der Waals surface area contributed by atoms with Gasteiger partial charge in [0, 0.05) is 24.9 Å². The summed E-state index contributed by atoms with van der Waals surface area (Å²) >= 11 is 5.71. The normalized spacial score (nSPS) is 12.5. The smallest absolute Gasteiger partial charge is 0.226 e. The highest BCUT2D eigenvalue weighted by atomic mass is 35.5. The molecule has 0 aromatic heterocycles. The van der Waals surface area contributed by atoms with Crippen molar-refractivity contribution in [2.24, 2.45) is 5.92 Å². The Labute approximate surface area is 99.0 Å². The number of carbonyl (C=O) groups excluding carboxylic acids is 1. The lowest BCUT2D eigenvalue weighted by atomic mass is 10.1. The van der Waals surface area contributed by atoms with E-state index in [4.69, 9.17) is 11.6 Å². The molecule has 0 aromatic rings. The summed E-state index contributed by atoms with van der Waals surface area (Å²) in [6.45, 7) is 7.97. The van der Waals surface area contributed by atoms with Crippen LogP contribution < -0.4 is 0 Å². The fourth-order valence-corrected chi connectivity index (χ4v) is 1.54. The Morgan fingerprint density at radius 1 is 1.20 bits per heavy atom. The van der Waals surface area contributed by atoms with Gasteiger partial charge in [0.1, 0.15) is 0 Å². The van der Waals surface area contributed by atoms with Crippen LogP contribution in [0.2, 0.25) is 0 Å². The number of nitrogens with zero attached hydrogens (tertiary/aromatic N) is 1. The molecule has 15 heavy (non-hydrogen) atoms. The Morgan fingerprint density at radius 2 is 1.67 bits per heavy atom. The zero-order valence-corrected chi connectivity index (χ0v) is 11.0. The Kier molecular flexibility index (Phi) is 8.88. The SMILES string of the molecule is CCCCN(CCCC)C(=O)C(C)CCl. The van der Waals surface area contributed by atoms with E-state index in [1.54, 1.807) is 0 Å². The molecule has 0 saturated heterocycles. The molecule has 1 atom stereocenters. The predicted molar refractivity (Wildman–Crippen MR) is 66.3 cm³/mol. The van der Waals surface area contributed by atoms with Crippen LogP contribution in [-0.4, -0.2) is 29.8 Å². The molecule has 0 rings (SSSR count). The number of carbonyl (C=O) groups is 1. The van der Waals surface area contributed by atoms with Crippen molar-refractivity contribution >= 4 is 17.5 Å².